The van der Waals surface area contributed by atoms with E-state index in [1.807, 2.05) is 4.72 Å². The summed E-state index contributed by atoms with van der Waals surface area (Å²) in [7, 11) is -2.57. The Kier molecular flexibility index (Phi) is 5.71. The molecule has 1 N–H and O–H groups in total. The van der Waals surface area contributed by atoms with Crippen LogP contribution < -0.4 is 9.46 Å². The quantitative estimate of drug-likeness (QED) is 0.632. The molecule has 7 heteroatoms. The van der Waals surface area contributed by atoms with Crippen LogP contribution >= 0.6 is 0 Å². The number of hydrogen-bond acceptors (Lipinski definition) is 5. The fourth-order valence-corrected chi connectivity index (χ4v) is 3.07. The molecule has 0 spiro atoms. The fourth-order valence-electron chi connectivity index (χ4n) is 2.08. The second-order valence-electron chi connectivity index (χ2n) is 5.13. The number of ketones is 1. The third kappa shape index (κ3) is 4.77. The third-order valence-corrected chi connectivity index (χ3v) is 4.68. The zero-order valence-electron chi connectivity index (χ0n) is 13.7. The van der Waals surface area contributed by atoms with Crippen molar-refractivity contribution in [3.05, 3.63) is 65.7 Å². The Hall–Kier alpha value is -2.93. The summed E-state index contributed by atoms with van der Waals surface area (Å²) in [6.45, 7) is 1.33. The van der Waals surface area contributed by atoms with Gasteiger partial charge in [0, 0.05) is 17.2 Å². The highest BCUT2D eigenvalue weighted by molar-refractivity contribution is 7.90. The maximum Gasteiger partial charge on any atom is 0.264 e. The van der Waals surface area contributed by atoms with Crippen LogP contribution in [-0.2, 0) is 14.8 Å². The molecule has 0 saturated heterocycles. The van der Waals surface area contributed by atoms with Crippen LogP contribution in [0, 0.1) is 0 Å². The summed E-state index contributed by atoms with van der Waals surface area (Å²) in [5.74, 6) is -0.512. The highest BCUT2D eigenvalue weighted by atomic mass is 32.2. The zero-order chi connectivity index (χ0) is 18.4. The van der Waals surface area contributed by atoms with Gasteiger partial charge in [-0.1, -0.05) is 30.3 Å². The van der Waals surface area contributed by atoms with Crippen LogP contribution in [0.4, 0.5) is 0 Å². The molecule has 0 unspecified atom stereocenters. The Labute approximate surface area is 146 Å². The number of nitrogens with one attached hydrogen (secondary N) is 1. The minimum Gasteiger partial charge on any atom is -0.496 e. The van der Waals surface area contributed by atoms with E-state index in [0.29, 0.717) is 11.3 Å². The van der Waals surface area contributed by atoms with E-state index in [-0.39, 0.29) is 16.2 Å². The number of Topliss-reactive ketones (excluding diaryl/α,β-unsaturated/α-hetero) is 1. The lowest BCUT2D eigenvalue weighted by molar-refractivity contribution is -0.114. The first-order valence-corrected chi connectivity index (χ1v) is 8.80. The minimum atomic E-state index is -4.07. The predicted octanol–water partition coefficient (Wildman–Crippen LogP) is 2.42. The minimum absolute atomic E-state index is 0.153. The molecule has 0 aliphatic rings. The normalized spacial score (nSPS) is 11.3. The predicted molar refractivity (Wildman–Crippen MR) is 93.8 cm³/mol. The van der Waals surface area contributed by atoms with Crippen molar-refractivity contribution in [3.8, 4) is 5.75 Å². The summed E-state index contributed by atoms with van der Waals surface area (Å²) in [4.78, 5) is 23.1. The van der Waals surface area contributed by atoms with Gasteiger partial charge in [-0.25, -0.2) is 13.1 Å². The van der Waals surface area contributed by atoms with Crippen molar-refractivity contribution >= 4 is 27.8 Å². The van der Waals surface area contributed by atoms with Crippen molar-refractivity contribution in [1.82, 2.24) is 4.72 Å². The number of methoxy groups -OCH3 is 1. The first-order valence-electron chi connectivity index (χ1n) is 7.32. The van der Waals surface area contributed by atoms with Gasteiger partial charge in [0.15, 0.2) is 5.78 Å². The van der Waals surface area contributed by atoms with E-state index >= 15 is 0 Å². The summed E-state index contributed by atoms with van der Waals surface area (Å²) >= 11 is 0. The molecule has 0 heterocycles. The molecule has 2 aromatic carbocycles. The summed E-state index contributed by atoms with van der Waals surface area (Å²) < 4.78 is 31.6. The van der Waals surface area contributed by atoms with Gasteiger partial charge < -0.3 is 4.74 Å². The number of carbonyl (C=O) groups excluding carboxylic acids is 2. The lowest BCUT2D eigenvalue weighted by Gasteiger charge is -2.06. The maximum atomic E-state index is 12.3. The number of rotatable bonds is 6. The summed E-state index contributed by atoms with van der Waals surface area (Å²) in [6, 6.07) is 12.5. The standard InChI is InChI=1S/C18H17NO5S/c1-13(20)15-7-5-8-16(12-15)25(22,23)19-18(21)11-10-14-6-3-4-9-17(14)24-2/h3-12H,1-2H3,(H,19,21)/b11-10-. The maximum absolute atomic E-state index is 12.3. The number of hydrogen-bond donors (Lipinski definition) is 1. The van der Waals surface area contributed by atoms with Gasteiger partial charge in [0.25, 0.3) is 15.9 Å². The SMILES string of the molecule is COc1ccccc1/C=C\C(=O)NS(=O)(=O)c1cccc(C(C)=O)c1. The van der Waals surface area contributed by atoms with E-state index in [1.54, 1.807) is 24.3 Å². The average molecular weight is 359 g/mol. The number of ether oxygens (including phenoxy) is 1. The highest BCUT2D eigenvalue weighted by Crippen LogP contribution is 2.18. The van der Waals surface area contributed by atoms with E-state index in [2.05, 4.69) is 0 Å². The molecular weight excluding hydrogens is 342 g/mol. The molecule has 0 saturated carbocycles. The number of para-hydroxylation sites is 1. The van der Waals surface area contributed by atoms with Crippen molar-refractivity contribution in [1.29, 1.82) is 0 Å². The summed E-state index contributed by atoms with van der Waals surface area (Å²) in [5, 5.41) is 0. The van der Waals surface area contributed by atoms with Crippen LogP contribution in [0.1, 0.15) is 22.8 Å². The van der Waals surface area contributed by atoms with E-state index in [9.17, 15) is 18.0 Å². The van der Waals surface area contributed by atoms with Crippen LogP contribution in [-0.4, -0.2) is 27.2 Å². The largest absolute Gasteiger partial charge is 0.496 e. The van der Waals surface area contributed by atoms with E-state index in [4.69, 9.17) is 4.74 Å². The molecule has 0 atom stereocenters. The Bertz CT molecular complexity index is 932. The third-order valence-electron chi connectivity index (χ3n) is 3.34. The molecule has 0 radical (unpaired) electrons. The summed E-state index contributed by atoms with van der Waals surface area (Å²) in [5.41, 5.74) is 0.885. The Morgan fingerprint density at radius 3 is 2.48 bits per heavy atom. The van der Waals surface area contributed by atoms with Crippen molar-refractivity contribution in [2.24, 2.45) is 0 Å². The van der Waals surface area contributed by atoms with Gasteiger partial charge in [-0.05, 0) is 31.2 Å². The molecule has 6 nitrogen and oxygen atoms in total. The lowest BCUT2D eigenvalue weighted by atomic mass is 10.2. The van der Waals surface area contributed by atoms with Crippen LogP contribution in [0.15, 0.2) is 59.5 Å². The average Bonchev–Trinajstić information content (AvgIpc) is 2.60. The van der Waals surface area contributed by atoms with Crippen LogP contribution in [0.25, 0.3) is 6.08 Å². The summed E-state index contributed by atoms with van der Waals surface area (Å²) in [6.07, 6.45) is 2.56. The van der Waals surface area contributed by atoms with Crippen molar-refractivity contribution < 1.29 is 22.7 Å². The van der Waals surface area contributed by atoms with E-state index in [1.165, 1.54) is 44.4 Å². The molecule has 130 valence electrons. The molecular formula is C18H17NO5S. The Morgan fingerprint density at radius 2 is 1.80 bits per heavy atom. The number of carbonyl (C=O) groups is 2. The molecule has 0 aliphatic heterocycles. The molecule has 0 fully saturated rings. The van der Waals surface area contributed by atoms with Gasteiger partial charge in [-0.3, -0.25) is 9.59 Å². The smallest absolute Gasteiger partial charge is 0.264 e. The second-order valence-corrected chi connectivity index (χ2v) is 6.81. The zero-order valence-corrected chi connectivity index (χ0v) is 14.5. The molecule has 25 heavy (non-hydrogen) atoms. The first-order chi connectivity index (χ1) is 11.8. The lowest BCUT2D eigenvalue weighted by Crippen LogP contribution is -2.29. The Balaban J connectivity index is 2.17. The van der Waals surface area contributed by atoms with Crippen molar-refractivity contribution in [2.45, 2.75) is 11.8 Å². The highest BCUT2D eigenvalue weighted by Gasteiger charge is 2.17. The van der Waals surface area contributed by atoms with Crippen molar-refractivity contribution in [2.75, 3.05) is 7.11 Å². The van der Waals surface area contributed by atoms with Gasteiger partial charge in [0.05, 0.1) is 12.0 Å². The van der Waals surface area contributed by atoms with E-state index in [0.717, 1.165) is 6.08 Å². The van der Waals surface area contributed by atoms with Crippen LogP contribution in [0.3, 0.4) is 0 Å². The molecule has 2 rings (SSSR count). The van der Waals surface area contributed by atoms with Gasteiger partial charge in [-0.15, -0.1) is 0 Å². The van der Waals surface area contributed by atoms with Gasteiger partial charge >= 0.3 is 0 Å². The number of benzene rings is 2. The molecule has 0 bridgehead atoms. The molecule has 2 aromatic rings. The van der Waals surface area contributed by atoms with Crippen molar-refractivity contribution in [3.63, 3.8) is 0 Å². The van der Waals surface area contributed by atoms with Crippen LogP contribution in [0.2, 0.25) is 0 Å². The van der Waals surface area contributed by atoms with Gasteiger partial charge in [-0.2, -0.15) is 0 Å². The topological polar surface area (TPSA) is 89.5 Å². The van der Waals surface area contributed by atoms with Crippen LogP contribution in [0.5, 0.6) is 5.75 Å². The number of amides is 1. The first kappa shape index (κ1) is 18.4. The van der Waals surface area contributed by atoms with Gasteiger partial charge in [0.2, 0.25) is 0 Å². The molecule has 0 aliphatic carbocycles. The number of sulfonamides is 1. The monoisotopic (exact) mass is 359 g/mol. The second kappa shape index (κ2) is 7.76. The fraction of sp³-hybridized carbons (Fsp3) is 0.111. The molecule has 1 amide bonds. The molecule has 0 aromatic heterocycles. The van der Waals surface area contributed by atoms with Gasteiger partial charge in [0.1, 0.15) is 5.75 Å². The Morgan fingerprint density at radius 1 is 1.08 bits per heavy atom. The van der Waals surface area contributed by atoms with E-state index < -0.39 is 15.9 Å².